The molecule has 0 aliphatic rings. The maximum absolute atomic E-state index is 13.9. The van der Waals surface area contributed by atoms with Gasteiger partial charge < -0.3 is 5.32 Å². The van der Waals surface area contributed by atoms with Gasteiger partial charge in [0.15, 0.2) is 0 Å². The van der Waals surface area contributed by atoms with E-state index < -0.39 is 0 Å². The third kappa shape index (κ3) is 2.41. The summed E-state index contributed by atoms with van der Waals surface area (Å²) in [6, 6.07) is 5.02. The van der Waals surface area contributed by atoms with Crippen molar-refractivity contribution in [1.29, 1.82) is 0 Å². The first-order chi connectivity index (χ1) is 8.63. The van der Waals surface area contributed by atoms with Gasteiger partial charge in [0.1, 0.15) is 17.5 Å². The number of rotatable bonds is 4. The van der Waals surface area contributed by atoms with Gasteiger partial charge in [-0.05, 0) is 32.5 Å². The number of hydrogen-bond acceptors (Lipinski definition) is 3. The van der Waals surface area contributed by atoms with Crippen molar-refractivity contribution in [3.8, 4) is 5.69 Å². The van der Waals surface area contributed by atoms with E-state index in [1.54, 1.807) is 10.7 Å². The SMILES string of the molecule is CCNCc1c(F)cccc1-n1nc(C)nc1C. The van der Waals surface area contributed by atoms with Crippen LogP contribution >= 0.6 is 0 Å². The zero-order chi connectivity index (χ0) is 13.1. The van der Waals surface area contributed by atoms with E-state index in [1.807, 2.05) is 26.8 Å². The van der Waals surface area contributed by atoms with Crippen LogP contribution in [-0.4, -0.2) is 21.3 Å². The molecule has 0 radical (unpaired) electrons. The topological polar surface area (TPSA) is 42.7 Å². The summed E-state index contributed by atoms with van der Waals surface area (Å²) >= 11 is 0. The molecule has 96 valence electrons. The van der Waals surface area contributed by atoms with Gasteiger partial charge in [-0.3, -0.25) is 0 Å². The number of benzene rings is 1. The molecule has 0 saturated heterocycles. The van der Waals surface area contributed by atoms with Crippen LogP contribution in [0.4, 0.5) is 4.39 Å². The highest BCUT2D eigenvalue weighted by Crippen LogP contribution is 2.18. The number of nitrogens with one attached hydrogen (secondary N) is 1. The van der Waals surface area contributed by atoms with Crippen LogP contribution in [0.2, 0.25) is 0 Å². The van der Waals surface area contributed by atoms with Gasteiger partial charge in [-0.2, -0.15) is 5.10 Å². The number of nitrogens with zero attached hydrogens (tertiary/aromatic N) is 3. The fourth-order valence-corrected chi connectivity index (χ4v) is 1.92. The second kappa shape index (κ2) is 5.27. The van der Waals surface area contributed by atoms with Crippen LogP contribution in [0, 0.1) is 19.7 Å². The quantitative estimate of drug-likeness (QED) is 0.901. The minimum atomic E-state index is -0.221. The molecule has 0 bridgehead atoms. The standard InChI is InChI=1S/C13H17FN4/c1-4-15-8-11-12(14)6-5-7-13(11)18-10(3)16-9(2)17-18/h5-7,15H,4,8H2,1-3H3. The summed E-state index contributed by atoms with van der Waals surface area (Å²) in [5.41, 5.74) is 1.36. The predicted molar refractivity (Wildman–Crippen MR) is 68.2 cm³/mol. The Morgan fingerprint density at radius 3 is 2.72 bits per heavy atom. The van der Waals surface area contributed by atoms with E-state index in [-0.39, 0.29) is 5.82 Å². The van der Waals surface area contributed by atoms with Gasteiger partial charge in [0.05, 0.1) is 5.69 Å². The average Bonchev–Trinajstić information content (AvgIpc) is 2.66. The Morgan fingerprint density at radius 1 is 1.33 bits per heavy atom. The van der Waals surface area contributed by atoms with Crippen molar-refractivity contribution < 1.29 is 4.39 Å². The van der Waals surface area contributed by atoms with Crippen molar-refractivity contribution in [2.75, 3.05) is 6.54 Å². The van der Waals surface area contributed by atoms with Crippen molar-refractivity contribution in [3.05, 3.63) is 41.2 Å². The lowest BCUT2D eigenvalue weighted by molar-refractivity contribution is 0.588. The summed E-state index contributed by atoms with van der Waals surface area (Å²) in [7, 11) is 0. The normalized spacial score (nSPS) is 10.9. The molecule has 0 amide bonds. The number of hydrogen-bond donors (Lipinski definition) is 1. The Kier molecular flexibility index (Phi) is 3.72. The zero-order valence-electron chi connectivity index (χ0n) is 10.9. The van der Waals surface area contributed by atoms with Gasteiger partial charge in [-0.15, -0.1) is 0 Å². The second-order valence-electron chi connectivity index (χ2n) is 4.14. The summed E-state index contributed by atoms with van der Waals surface area (Å²) in [6.45, 7) is 6.96. The Labute approximate surface area is 106 Å². The van der Waals surface area contributed by atoms with E-state index >= 15 is 0 Å². The van der Waals surface area contributed by atoms with Crippen molar-refractivity contribution in [2.24, 2.45) is 0 Å². The van der Waals surface area contributed by atoms with Crippen LogP contribution in [0.3, 0.4) is 0 Å². The van der Waals surface area contributed by atoms with E-state index in [1.165, 1.54) is 6.07 Å². The highest BCUT2D eigenvalue weighted by molar-refractivity contribution is 5.41. The smallest absolute Gasteiger partial charge is 0.148 e. The average molecular weight is 248 g/mol. The summed E-state index contributed by atoms with van der Waals surface area (Å²) in [6.07, 6.45) is 0. The molecule has 0 atom stereocenters. The highest BCUT2D eigenvalue weighted by atomic mass is 19.1. The summed E-state index contributed by atoms with van der Waals surface area (Å²) in [5, 5.41) is 7.44. The van der Waals surface area contributed by atoms with Gasteiger partial charge in [-0.1, -0.05) is 13.0 Å². The van der Waals surface area contributed by atoms with E-state index in [9.17, 15) is 4.39 Å². The Morgan fingerprint density at radius 2 is 2.11 bits per heavy atom. The second-order valence-corrected chi connectivity index (χ2v) is 4.14. The van der Waals surface area contributed by atoms with Crippen molar-refractivity contribution in [1.82, 2.24) is 20.1 Å². The van der Waals surface area contributed by atoms with E-state index in [4.69, 9.17) is 0 Å². The molecule has 0 fully saturated rings. The van der Waals surface area contributed by atoms with Crippen LogP contribution in [0.5, 0.6) is 0 Å². The molecule has 5 heteroatoms. The molecule has 18 heavy (non-hydrogen) atoms. The highest BCUT2D eigenvalue weighted by Gasteiger charge is 2.13. The molecule has 0 aliphatic carbocycles. The molecule has 4 nitrogen and oxygen atoms in total. The van der Waals surface area contributed by atoms with E-state index in [0.717, 1.165) is 18.1 Å². The zero-order valence-corrected chi connectivity index (χ0v) is 10.9. The van der Waals surface area contributed by atoms with Gasteiger partial charge in [0.2, 0.25) is 0 Å². The van der Waals surface area contributed by atoms with Crippen LogP contribution in [0.15, 0.2) is 18.2 Å². The lowest BCUT2D eigenvalue weighted by Crippen LogP contribution is -2.16. The molecule has 1 heterocycles. The van der Waals surface area contributed by atoms with Crippen LogP contribution in [0.25, 0.3) is 5.69 Å². The summed E-state index contributed by atoms with van der Waals surface area (Å²) < 4.78 is 15.6. The van der Waals surface area contributed by atoms with Gasteiger partial charge >= 0.3 is 0 Å². The lowest BCUT2D eigenvalue weighted by atomic mass is 10.1. The van der Waals surface area contributed by atoms with Gasteiger partial charge in [0, 0.05) is 12.1 Å². The minimum Gasteiger partial charge on any atom is -0.313 e. The Balaban J connectivity index is 2.49. The third-order valence-electron chi connectivity index (χ3n) is 2.75. The molecule has 1 N–H and O–H groups in total. The monoisotopic (exact) mass is 248 g/mol. The Bertz CT molecular complexity index is 548. The molecule has 2 rings (SSSR count). The maximum Gasteiger partial charge on any atom is 0.148 e. The third-order valence-corrected chi connectivity index (χ3v) is 2.75. The van der Waals surface area contributed by atoms with Crippen LogP contribution < -0.4 is 5.32 Å². The van der Waals surface area contributed by atoms with E-state index in [2.05, 4.69) is 15.4 Å². The van der Waals surface area contributed by atoms with Crippen LogP contribution in [0.1, 0.15) is 24.1 Å². The first-order valence-corrected chi connectivity index (χ1v) is 6.02. The number of halogens is 1. The Hall–Kier alpha value is -1.75. The van der Waals surface area contributed by atoms with E-state index in [0.29, 0.717) is 17.9 Å². The summed E-state index contributed by atoms with van der Waals surface area (Å²) in [5.74, 6) is 1.23. The molecule has 2 aromatic rings. The van der Waals surface area contributed by atoms with Gasteiger partial charge in [0.25, 0.3) is 0 Å². The van der Waals surface area contributed by atoms with Crippen molar-refractivity contribution in [3.63, 3.8) is 0 Å². The molecule has 1 aromatic carbocycles. The first-order valence-electron chi connectivity index (χ1n) is 6.02. The fourth-order valence-electron chi connectivity index (χ4n) is 1.92. The first kappa shape index (κ1) is 12.7. The fraction of sp³-hybridized carbons (Fsp3) is 0.385. The molecular formula is C13H17FN4. The van der Waals surface area contributed by atoms with Crippen LogP contribution in [-0.2, 0) is 6.54 Å². The van der Waals surface area contributed by atoms with Crippen molar-refractivity contribution in [2.45, 2.75) is 27.3 Å². The predicted octanol–water partition coefficient (Wildman–Crippen LogP) is 2.13. The minimum absolute atomic E-state index is 0.221. The van der Waals surface area contributed by atoms with Crippen molar-refractivity contribution >= 4 is 0 Å². The lowest BCUT2D eigenvalue weighted by Gasteiger charge is -2.11. The molecule has 0 unspecified atom stereocenters. The number of aryl methyl sites for hydroxylation is 2. The molecular weight excluding hydrogens is 231 g/mol. The maximum atomic E-state index is 13.9. The molecule has 0 spiro atoms. The molecule has 1 aromatic heterocycles. The largest absolute Gasteiger partial charge is 0.313 e. The van der Waals surface area contributed by atoms with Gasteiger partial charge in [-0.25, -0.2) is 14.1 Å². The molecule has 0 aliphatic heterocycles. The number of aromatic nitrogens is 3. The summed E-state index contributed by atoms with van der Waals surface area (Å²) in [4.78, 5) is 4.25. The molecule has 0 saturated carbocycles.